The molecule has 3 amide bonds. The van der Waals surface area contributed by atoms with E-state index in [1.807, 2.05) is 30.3 Å². The van der Waals surface area contributed by atoms with E-state index in [9.17, 15) is 19.5 Å². The maximum Gasteiger partial charge on any atom is 0.293 e. The Balaban J connectivity index is 1.56. The fourth-order valence-corrected chi connectivity index (χ4v) is 4.60. The second-order valence-corrected chi connectivity index (χ2v) is 7.84. The molecule has 2 heterocycles. The lowest BCUT2D eigenvalue weighted by Crippen LogP contribution is -2.43. The van der Waals surface area contributed by atoms with Crippen LogP contribution < -0.4 is 5.32 Å². The minimum Gasteiger partial charge on any atom is -0.390 e. The third kappa shape index (κ3) is 4.45. The van der Waals surface area contributed by atoms with Gasteiger partial charge in [-0.3, -0.25) is 19.3 Å². The number of amides is 3. The molecule has 3 rings (SSSR count). The Morgan fingerprint density at radius 1 is 1.28 bits per heavy atom. The van der Waals surface area contributed by atoms with Crippen molar-refractivity contribution in [1.82, 2.24) is 10.2 Å². The highest BCUT2D eigenvalue weighted by molar-refractivity contribution is 8.18. The number of nitrogens with one attached hydrogen (secondary N) is 1. The zero-order chi connectivity index (χ0) is 17.8. The molecular formula is C17H18N2O4S2. The van der Waals surface area contributed by atoms with Crippen LogP contribution in [0.25, 0.3) is 6.08 Å². The summed E-state index contributed by atoms with van der Waals surface area (Å²) in [4.78, 5) is 37.9. The number of rotatable bonds is 5. The molecule has 2 N–H and O–H groups in total. The molecule has 0 bridgehead atoms. The van der Waals surface area contributed by atoms with Gasteiger partial charge in [-0.1, -0.05) is 30.3 Å². The summed E-state index contributed by atoms with van der Waals surface area (Å²) in [5, 5.41) is 12.1. The Kier molecular flexibility index (Phi) is 5.82. The minimum absolute atomic E-state index is 0.0323. The number of carbonyl (C=O) groups is 3. The van der Waals surface area contributed by atoms with Gasteiger partial charge < -0.3 is 10.4 Å². The quantitative estimate of drug-likeness (QED) is 0.759. The summed E-state index contributed by atoms with van der Waals surface area (Å²) in [5.74, 6) is 0.646. The average molecular weight is 378 g/mol. The van der Waals surface area contributed by atoms with Crippen LogP contribution in [-0.2, 0) is 9.59 Å². The van der Waals surface area contributed by atoms with Gasteiger partial charge in [0.05, 0.1) is 17.1 Å². The molecule has 2 aliphatic heterocycles. The second kappa shape index (κ2) is 8.07. The van der Waals surface area contributed by atoms with Crippen LogP contribution in [0.1, 0.15) is 12.0 Å². The van der Waals surface area contributed by atoms with Gasteiger partial charge in [-0.25, -0.2) is 0 Å². The molecule has 0 saturated carbocycles. The van der Waals surface area contributed by atoms with Gasteiger partial charge in [0.1, 0.15) is 0 Å². The third-order valence-electron chi connectivity index (χ3n) is 3.93. The van der Waals surface area contributed by atoms with Gasteiger partial charge in [0.2, 0.25) is 5.91 Å². The van der Waals surface area contributed by atoms with Gasteiger partial charge in [-0.05, 0) is 23.4 Å². The third-order valence-corrected chi connectivity index (χ3v) is 6.01. The number of nitrogens with zero attached hydrogens (tertiary/aromatic N) is 1. The molecule has 2 saturated heterocycles. The van der Waals surface area contributed by atoms with Crippen LogP contribution in [-0.4, -0.2) is 57.3 Å². The summed E-state index contributed by atoms with van der Waals surface area (Å²) in [6, 6.07) is 9.04. The predicted octanol–water partition coefficient (Wildman–Crippen LogP) is 1.71. The van der Waals surface area contributed by atoms with Gasteiger partial charge in [0, 0.05) is 24.5 Å². The van der Waals surface area contributed by atoms with E-state index in [4.69, 9.17) is 0 Å². The first-order chi connectivity index (χ1) is 12.0. The molecule has 132 valence electrons. The van der Waals surface area contributed by atoms with Crippen LogP contribution in [0.3, 0.4) is 0 Å². The van der Waals surface area contributed by atoms with Crippen molar-refractivity contribution in [2.75, 3.05) is 18.1 Å². The lowest BCUT2D eigenvalue weighted by molar-refractivity contribution is -0.124. The average Bonchev–Trinajstić information content (AvgIpc) is 3.11. The molecule has 0 radical (unpaired) electrons. The SMILES string of the molecule is O=C(CCN1C(=O)S/C(=C\c2ccccc2)C1=O)NC1CSCC1O. The Bertz CT molecular complexity index is 708. The number of hydrogen-bond acceptors (Lipinski definition) is 6. The van der Waals surface area contributed by atoms with Gasteiger partial charge in [-0.2, -0.15) is 11.8 Å². The van der Waals surface area contributed by atoms with E-state index in [-0.39, 0.29) is 36.1 Å². The molecule has 0 spiro atoms. The molecule has 2 aliphatic rings. The van der Waals surface area contributed by atoms with Gasteiger partial charge in [-0.15, -0.1) is 0 Å². The maximum absolute atomic E-state index is 12.4. The van der Waals surface area contributed by atoms with E-state index in [1.165, 1.54) is 0 Å². The zero-order valence-electron chi connectivity index (χ0n) is 13.4. The first-order valence-electron chi connectivity index (χ1n) is 7.90. The topological polar surface area (TPSA) is 86.7 Å². The molecule has 1 aromatic rings. The zero-order valence-corrected chi connectivity index (χ0v) is 15.0. The fraction of sp³-hybridized carbons (Fsp3) is 0.353. The lowest BCUT2D eigenvalue weighted by Gasteiger charge is -2.17. The van der Waals surface area contributed by atoms with Crippen LogP contribution in [0, 0.1) is 0 Å². The molecule has 0 aromatic heterocycles. The summed E-state index contributed by atoms with van der Waals surface area (Å²) < 4.78 is 0. The van der Waals surface area contributed by atoms with Crippen LogP contribution in [0.15, 0.2) is 35.2 Å². The Morgan fingerprint density at radius 2 is 2.04 bits per heavy atom. The van der Waals surface area contributed by atoms with E-state index < -0.39 is 6.10 Å². The summed E-state index contributed by atoms with van der Waals surface area (Å²) in [5.41, 5.74) is 0.846. The maximum atomic E-state index is 12.4. The largest absolute Gasteiger partial charge is 0.390 e. The number of aliphatic hydroxyl groups excluding tert-OH is 1. The molecule has 1 aromatic carbocycles. The number of benzene rings is 1. The smallest absolute Gasteiger partial charge is 0.293 e. The van der Waals surface area contributed by atoms with Crippen LogP contribution in [0.2, 0.25) is 0 Å². The van der Waals surface area contributed by atoms with Crippen molar-refractivity contribution in [3.8, 4) is 0 Å². The van der Waals surface area contributed by atoms with E-state index >= 15 is 0 Å². The van der Waals surface area contributed by atoms with Crippen molar-refractivity contribution in [3.05, 3.63) is 40.8 Å². The Hall–Kier alpha value is -1.77. The molecule has 6 nitrogen and oxygen atoms in total. The molecular weight excluding hydrogens is 360 g/mol. The molecule has 8 heteroatoms. The van der Waals surface area contributed by atoms with Crippen LogP contribution in [0.5, 0.6) is 0 Å². The second-order valence-electron chi connectivity index (χ2n) is 5.77. The first-order valence-corrected chi connectivity index (χ1v) is 9.87. The highest BCUT2D eigenvalue weighted by Crippen LogP contribution is 2.32. The van der Waals surface area contributed by atoms with E-state index in [0.29, 0.717) is 16.4 Å². The summed E-state index contributed by atoms with van der Waals surface area (Å²) in [6.45, 7) is 0.0403. The summed E-state index contributed by atoms with van der Waals surface area (Å²) in [6.07, 6.45) is 1.17. The number of carbonyl (C=O) groups excluding carboxylic acids is 3. The van der Waals surface area contributed by atoms with Crippen molar-refractivity contribution < 1.29 is 19.5 Å². The number of thioether (sulfide) groups is 2. The highest BCUT2D eigenvalue weighted by atomic mass is 32.2. The van der Waals surface area contributed by atoms with Gasteiger partial charge in [0.15, 0.2) is 0 Å². The van der Waals surface area contributed by atoms with Crippen LogP contribution >= 0.6 is 23.5 Å². The van der Waals surface area contributed by atoms with Crippen molar-refractivity contribution in [2.24, 2.45) is 0 Å². The molecule has 0 aliphatic carbocycles. The van der Waals surface area contributed by atoms with Crippen molar-refractivity contribution in [3.63, 3.8) is 0 Å². The number of aliphatic hydroxyl groups is 1. The van der Waals surface area contributed by atoms with Crippen LogP contribution in [0.4, 0.5) is 4.79 Å². The summed E-state index contributed by atoms with van der Waals surface area (Å²) >= 11 is 2.47. The highest BCUT2D eigenvalue weighted by Gasteiger charge is 2.35. The van der Waals surface area contributed by atoms with Gasteiger partial charge in [0.25, 0.3) is 11.1 Å². The Morgan fingerprint density at radius 3 is 2.72 bits per heavy atom. The van der Waals surface area contributed by atoms with E-state index in [2.05, 4.69) is 5.32 Å². The number of imide groups is 1. The minimum atomic E-state index is -0.542. The van der Waals surface area contributed by atoms with E-state index in [1.54, 1.807) is 17.8 Å². The predicted molar refractivity (Wildman–Crippen MR) is 99.0 cm³/mol. The Labute approximate surface area is 154 Å². The monoisotopic (exact) mass is 378 g/mol. The number of hydrogen-bond donors (Lipinski definition) is 2. The summed E-state index contributed by atoms with van der Waals surface area (Å²) in [7, 11) is 0. The van der Waals surface area contributed by atoms with E-state index in [0.717, 1.165) is 22.2 Å². The lowest BCUT2D eigenvalue weighted by atomic mass is 10.2. The first kappa shape index (κ1) is 18.0. The molecule has 2 atom stereocenters. The molecule has 2 unspecified atom stereocenters. The van der Waals surface area contributed by atoms with Crippen molar-refractivity contribution in [1.29, 1.82) is 0 Å². The normalized spacial score (nSPS) is 25.0. The van der Waals surface area contributed by atoms with Crippen molar-refractivity contribution >= 4 is 46.7 Å². The van der Waals surface area contributed by atoms with Gasteiger partial charge >= 0.3 is 0 Å². The van der Waals surface area contributed by atoms with Crippen molar-refractivity contribution in [2.45, 2.75) is 18.6 Å². The molecule has 2 fully saturated rings. The molecule has 25 heavy (non-hydrogen) atoms. The standard InChI is InChI=1S/C17H18N2O4S2/c20-13-10-24-9-12(13)18-15(21)6-7-19-16(22)14(25-17(19)23)8-11-4-2-1-3-5-11/h1-5,8,12-13,20H,6-7,9-10H2,(H,18,21)/b14-8-. The fourth-order valence-electron chi connectivity index (χ4n) is 2.57.